The van der Waals surface area contributed by atoms with Gasteiger partial charge in [-0.15, -0.1) is 0 Å². The van der Waals surface area contributed by atoms with Crippen LogP contribution < -0.4 is 9.64 Å². The number of nitrogens with zero attached hydrogens (tertiary/aromatic N) is 7. The van der Waals surface area contributed by atoms with E-state index < -0.39 is 35.3 Å². The van der Waals surface area contributed by atoms with Crippen LogP contribution >= 0.6 is 11.6 Å². The van der Waals surface area contributed by atoms with Crippen LogP contribution in [0.25, 0.3) is 32.8 Å². The van der Waals surface area contributed by atoms with Crippen molar-refractivity contribution in [2.75, 3.05) is 44.2 Å². The van der Waals surface area contributed by atoms with Crippen LogP contribution in [0.2, 0.25) is 5.02 Å². The first-order valence-electron chi connectivity index (χ1n) is 15.5. The number of hydrogen-bond donors (Lipinski definition) is 0. The SMILES string of the molecule is C=C(F)C(=O)N1CCN(c2nc(OC[C@@]34CCCN3C[C@H](F)C4)nc3cc(-c4cncc5cccc(Cl)c45)c(F)cc23)C[C@@H]1CC#N. The number of ether oxygens (including phenoxy) is 1. The Morgan fingerprint density at radius 2 is 2.02 bits per heavy atom. The number of rotatable bonds is 7. The molecule has 3 aliphatic heterocycles. The highest BCUT2D eigenvalue weighted by atomic mass is 35.5. The first-order valence-corrected chi connectivity index (χ1v) is 15.9. The number of halogens is 4. The summed E-state index contributed by atoms with van der Waals surface area (Å²) in [5, 5.41) is 11.7. The third-order valence-corrected chi connectivity index (χ3v) is 9.91. The highest BCUT2D eigenvalue weighted by Gasteiger charge is 2.49. The smallest absolute Gasteiger partial charge is 0.319 e. The Morgan fingerprint density at radius 1 is 1.17 bits per heavy atom. The van der Waals surface area contributed by atoms with Crippen molar-refractivity contribution in [3.63, 3.8) is 0 Å². The van der Waals surface area contributed by atoms with E-state index in [0.29, 0.717) is 45.7 Å². The fourth-order valence-corrected chi connectivity index (χ4v) is 7.70. The lowest BCUT2D eigenvalue weighted by Gasteiger charge is -2.41. The largest absolute Gasteiger partial charge is 0.461 e. The number of alkyl halides is 1. The number of aromatic nitrogens is 3. The van der Waals surface area contributed by atoms with Crippen molar-refractivity contribution >= 4 is 45.0 Å². The summed E-state index contributed by atoms with van der Waals surface area (Å²) in [5.41, 5.74) is 0.655. The molecule has 0 aliphatic carbocycles. The summed E-state index contributed by atoms with van der Waals surface area (Å²) in [7, 11) is 0. The predicted molar refractivity (Wildman–Crippen MR) is 172 cm³/mol. The highest BCUT2D eigenvalue weighted by Crippen LogP contribution is 2.41. The summed E-state index contributed by atoms with van der Waals surface area (Å²) in [4.78, 5) is 31.5. The summed E-state index contributed by atoms with van der Waals surface area (Å²) in [6, 6.07) is 9.77. The first kappa shape index (κ1) is 31.1. The van der Waals surface area contributed by atoms with Crippen LogP contribution in [0, 0.1) is 17.1 Å². The Kier molecular flexibility index (Phi) is 8.14. The van der Waals surface area contributed by atoms with E-state index in [2.05, 4.69) is 22.5 Å². The molecule has 7 rings (SSSR count). The zero-order valence-corrected chi connectivity index (χ0v) is 26.2. The molecule has 2 aromatic carbocycles. The van der Waals surface area contributed by atoms with Crippen molar-refractivity contribution in [1.29, 1.82) is 5.26 Å². The second-order valence-corrected chi connectivity index (χ2v) is 12.8. The molecule has 0 N–H and O–H groups in total. The second-order valence-electron chi connectivity index (χ2n) is 12.4. The summed E-state index contributed by atoms with van der Waals surface area (Å²) >= 11 is 6.57. The standard InChI is InChI=1S/C34H31ClF3N7O2/c1-20(36)32(46)45-11-10-43(18-23(45)6-8-39)31-25-12-28(38)24(26-16-40-15-21-4-2-5-27(35)30(21)26)13-29(25)41-33(42-31)47-19-34-7-3-9-44(34)17-22(37)14-34/h2,4-5,12-13,15-16,22-23H,1,3,6-7,9-11,14,17-19H2/t22-,23+,34+/m1/s1. The van der Waals surface area contributed by atoms with Crippen molar-refractivity contribution in [2.45, 2.75) is 43.4 Å². The summed E-state index contributed by atoms with van der Waals surface area (Å²) in [6.07, 6.45) is 4.33. The fraction of sp³-hybridized carbons (Fsp3) is 0.382. The molecule has 9 nitrogen and oxygen atoms in total. The highest BCUT2D eigenvalue weighted by molar-refractivity contribution is 6.36. The van der Waals surface area contributed by atoms with Gasteiger partial charge in [-0.05, 0) is 37.6 Å². The van der Waals surface area contributed by atoms with E-state index in [4.69, 9.17) is 26.3 Å². The maximum absolute atomic E-state index is 16.1. The molecule has 242 valence electrons. The fourth-order valence-electron chi connectivity index (χ4n) is 7.42. The predicted octanol–water partition coefficient (Wildman–Crippen LogP) is 6.01. The van der Waals surface area contributed by atoms with Crippen molar-refractivity contribution in [2.24, 2.45) is 0 Å². The van der Waals surface area contributed by atoms with Crippen LogP contribution in [0.3, 0.4) is 0 Å². The lowest BCUT2D eigenvalue weighted by Crippen LogP contribution is -2.55. The van der Waals surface area contributed by atoms with Crippen LogP contribution in [0.1, 0.15) is 25.7 Å². The minimum atomic E-state index is -1.11. The van der Waals surface area contributed by atoms with E-state index in [0.717, 1.165) is 24.8 Å². The van der Waals surface area contributed by atoms with Gasteiger partial charge in [-0.3, -0.25) is 14.7 Å². The number of pyridine rings is 1. The molecule has 0 bridgehead atoms. The zero-order chi connectivity index (χ0) is 32.9. The van der Waals surface area contributed by atoms with Gasteiger partial charge in [0.1, 0.15) is 24.4 Å². The van der Waals surface area contributed by atoms with Gasteiger partial charge in [0.25, 0.3) is 5.91 Å². The van der Waals surface area contributed by atoms with Gasteiger partial charge in [0, 0.05) is 77.3 Å². The molecule has 0 spiro atoms. The van der Waals surface area contributed by atoms with Crippen molar-refractivity contribution < 1.29 is 22.7 Å². The molecule has 0 unspecified atom stereocenters. The molecule has 1 amide bonds. The van der Waals surface area contributed by atoms with E-state index >= 15 is 4.39 Å². The van der Waals surface area contributed by atoms with Crippen molar-refractivity contribution in [1.82, 2.24) is 24.8 Å². The van der Waals surface area contributed by atoms with Crippen LogP contribution in [-0.4, -0.2) is 87.7 Å². The quantitative estimate of drug-likeness (QED) is 0.222. The monoisotopic (exact) mass is 661 g/mol. The lowest BCUT2D eigenvalue weighted by atomic mass is 9.95. The number of benzene rings is 2. The number of nitriles is 1. The lowest BCUT2D eigenvalue weighted by molar-refractivity contribution is -0.131. The Balaban J connectivity index is 1.32. The van der Waals surface area contributed by atoms with Gasteiger partial charge in [0.2, 0.25) is 0 Å². The number of carbonyl (C=O) groups is 1. The van der Waals surface area contributed by atoms with Gasteiger partial charge in [-0.2, -0.15) is 15.2 Å². The van der Waals surface area contributed by atoms with Gasteiger partial charge >= 0.3 is 6.01 Å². The van der Waals surface area contributed by atoms with E-state index in [1.807, 2.05) is 11.0 Å². The maximum Gasteiger partial charge on any atom is 0.319 e. The average Bonchev–Trinajstić information content (AvgIpc) is 3.58. The van der Waals surface area contributed by atoms with Crippen LogP contribution in [0.4, 0.5) is 19.0 Å². The van der Waals surface area contributed by atoms with E-state index in [9.17, 15) is 18.8 Å². The number of anilines is 1. The number of hydrogen-bond acceptors (Lipinski definition) is 8. The Bertz CT molecular complexity index is 1950. The molecule has 0 saturated carbocycles. The molecular weight excluding hydrogens is 631 g/mol. The molecule has 3 aliphatic rings. The van der Waals surface area contributed by atoms with Gasteiger partial charge in [-0.25, -0.2) is 13.2 Å². The maximum atomic E-state index is 16.1. The van der Waals surface area contributed by atoms with E-state index in [-0.39, 0.29) is 44.2 Å². The first-order chi connectivity index (χ1) is 22.7. The second kappa shape index (κ2) is 12.3. The van der Waals surface area contributed by atoms with Gasteiger partial charge in [-0.1, -0.05) is 30.3 Å². The van der Waals surface area contributed by atoms with Crippen molar-refractivity contribution in [3.05, 3.63) is 66.0 Å². The zero-order valence-electron chi connectivity index (χ0n) is 25.4. The van der Waals surface area contributed by atoms with Gasteiger partial charge in [0.15, 0.2) is 5.83 Å². The third kappa shape index (κ3) is 5.61. The van der Waals surface area contributed by atoms with Crippen LogP contribution in [0.15, 0.2) is 55.1 Å². The van der Waals surface area contributed by atoms with Crippen molar-refractivity contribution in [3.8, 4) is 23.2 Å². The molecule has 0 radical (unpaired) electrons. The topological polar surface area (TPSA) is 98.5 Å². The molecule has 5 heterocycles. The molecule has 3 saturated heterocycles. The summed E-state index contributed by atoms with van der Waals surface area (Å²) in [6.45, 7) is 4.92. The average molecular weight is 662 g/mol. The Morgan fingerprint density at radius 3 is 2.83 bits per heavy atom. The Hall–Kier alpha value is -4.47. The van der Waals surface area contributed by atoms with Crippen LogP contribution in [-0.2, 0) is 4.79 Å². The third-order valence-electron chi connectivity index (χ3n) is 9.60. The minimum absolute atomic E-state index is 0.0372. The normalized spacial score (nSPS) is 22.9. The molecule has 4 aromatic rings. The molecular formula is C34H31ClF3N7O2. The molecule has 3 atom stereocenters. The van der Waals surface area contributed by atoms with Gasteiger partial charge < -0.3 is 14.5 Å². The minimum Gasteiger partial charge on any atom is -0.461 e. The van der Waals surface area contributed by atoms with E-state index in [1.165, 1.54) is 11.0 Å². The Labute approximate surface area is 274 Å². The van der Waals surface area contributed by atoms with E-state index in [1.54, 1.807) is 30.6 Å². The molecule has 3 fully saturated rings. The summed E-state index contributed by atoms with van der Waals surface area (Å²) in [5.74, 6) is -2.19. The number of piperazine rings is 1. The van der Waals surface area contributed by atoms with Gasteiger partial charge in [0.05, 0.1) is 29.6 Å². The summed E-state index contributed by atoms with van der Waals surface area (Å²) < 4.78 is 50.7. The molecule has 47 heavy (non-hydrogen) atoms. The van der Waals surface area contributed by atoms with Crippen LogP contribution in [0.5, 0.6) is 6.01 Å². The molecule has 13 heteroatoms. The number of amides is 1. The molecule has 2 aromatic heterocycles. The number of fused-ring (bicyclic) bond motifs is 3. The number of carbonyl (C=O) groups excluding carboxylic acids is 1.